The van der Waals surface area contributed by atoms with E-state index in [-0.39, 0.29) is 0 Å². The zero-order valence-corrected chi connectivity index (χ0v) is 13.6. The summed E-state index contributed by atoms with van der Waals surface area (Å²) in [6.07, 6.45) is 15.6. The standard InChI is InChI=1S/C15H34OSi/c1-4-5-6-7-8-9-10-11-12-13-14-15-16-17(2)3/h17H,4-15H2,1-3H3. The summed E-state index contributed by atoms with van der Waals surface area (Å²) >= 11 is 0. The van der Waals surface area contributed by atoms with Crippen molar-refractivity contribution >= 4 is 9.04 Å². The van der Waals surface area contributed by atoms with Gasteiger partial charge in [-0.2, -0.15) is 0 Å². The largest absolute Gasteiger partial charge is 0.421 e. The molecule has 0 aromatic carbocycles. The van der Waals surface area contributed by atoms with Gasteiger partial charge in [0.15, 0.2) is 9.04 Å². The van der Waals surface area contributed by atoms with Crippen LogP contribution in [0, 0.1) is 0 Å². The third kappa shape index (κ3) is 16.2. The normalized spacial score (nSPS) is 11.3. The van der Waals surface area contributed by atoms with Crippen molar-refractivity contribution < 1.29 is 4.43 Å². The van der Waals surface area contributed by atoms with Crippen LogP contribution in [0.2, 0.25) is 13.1 Å². The van der Waals surface area contributed by atoms with Crippen LogP contribution in [0.15, 0.2) is 0 Å². The van der Waals surface area contributed by atoms with E-state index in [1.807, 2.05) is 0 Å². The molecule has 0 saturated carbocycles. The van der Waals surface area contributed by atoms with Crippen molar-refractivity contribution in [2.75, 3.05) is 6.61 Å². The van der Waals surface area contributed by atoms with Crippen LogP contribution < -0.4 is 0 Å². The van der Waals surface area contributed by atoms with Crippen LogP contribution in [0.3, 0.4) is 0 Å². The molecular weight excluding hydrogens is 224 g/mol. The summed E-state index contributed by atoms with van der Waals surface area (Å²) in [5.41, 5.74) is 0. The lowest BCUT2D eigenvalue weighted by atomic mass is 10.1. The van der Waals surface area contributed by atoms with Gasteiger partial charge in [0.1, 0.15) is 0 Å². The molecule has 0 aliphatic rings. The highest BCUT2D eigenvalue weighted by molar-refractivity contribution is 6.48. The Morgan fingerprint density at radius 3 is 1.47 bits per heavy atom. The molecule has 17 heavy (non-hydrogen) atoms. The molecule has 0 radical (unpaired) electrons. The molecule has 0 saturated heterocycles. The zero-order chi connectivity index (χ0) is 12.8. The van der Waals surface area contributed by atoms with E-state index in [0.29, 0.717) is 0 Å². The smallest absolute Gasteiger partial charge is 0.170 e. The minimum Gasteiger partial charge on any atom is -0.421 e. The Hall–Kier alpha value is 0.177. The van der Waals surface area contributed by atoms with Gasteiger partial charge < -0.3 is 4.43 Å². The number of hydrogen-bond acceptors (Lipinski definition) is 1. The van der Waals surface area contributed by atoms with E-state index in [9.17, 15) is 0 Å². The van der Waals surface area contributed by atoms with Crippen LogP contribution in [0.1, 0.15) is 77.6 Å². The van der Waals surface area contributed by atoms with Gasteiger partial charge in [0.2, 0.25) is 0 Å². The van der Waals surface area contributed by atoms with E-state index >= 15 is 0 Å². The molecular formula is C15H34OSi. The quantitative estimate of drug-likeness (QED) is 0.322. The van der Waals surface area contributed by atoms with Crippen molar-refractivity contribution in [2.45, 2.75) is 90.6 Å². The lowest BCUT2D eigenvalue weighted by Gasteiger charge is -2.06. The summed E-state index contributed by atoms with van der Waals surface area (Å²) in [6, 6.07) is 0. The van der Waals surface area contributed by atoms with Gasteiger partial charge in [-0.1, -0.05) is 71.1 Å². The summed E-state index contributed by atoms with van der Waals surface area (Å²) in [6.45, 7) is 7.80. The van der Waals surface area contributed by atoms with Gasteiger partial charge in [-0.3, -0.25) is 0 Å². The van der Waals surface area contributed by atoms with E-state index in [4.69, 9.17) is 4.43 Å². The third-order valence-corrected chi connectivity index (χ3v) is 4.10. The van der Waals surface area contributed by atoms with Crippen LogP contribution in [0.5, 0.6) is 0 Å². The maximum atomic E-state index is 5.66. The number of unbranched alkanes of at least 4 members (excludes halogenated alkanes) is 10. The van der Waals surface area contributed by atoms with Gasteiger partial charge in [-0.25, -0.2) is 0 Å². The minimum absolute atomic E-state index is 0.755. The molecule has 0 atom stereocenters. The topological polar surface area (TPSA) is 9.23 Å². The highest BCUT2D eigenvalue weighted by atomic mass is 28.3. The highest BCUT2D eigenvalue weighted by Gasteiger charge is 1.95. The van der Waals surface area contributed by atoms with Crippen molar-refractivity contribution in [2.24, 2.45) is 0 Å². The lowest BCUT2D eigenvalue weighted by molar-refractivity contribution is 0.311. The van der Waals surface area contributed by atoms with Gasteiger partial charge in [0.05, 0.1) is 0 Å². The van der Waals surface area contributed by atoms with Gasteiger partial charge in [0.25, 0.3) is 0 Å². The lowest BCUT2D eigenvalue weighted by Crippen LogP contribution is -2.08. The number of rotatable bonds is 13. The summed E-state index contributed by atoms with van der Waals surface area (Å²) in [5.74, 6) is 0. The van der Waals surface area contributed by atoms with Crippen LogP contribution >= 0.6 is 0 Å². The Morgan fingerprint density at radius 1 is 0.647 bits per heavy atom. The Balaban J connectivity index is 2.89. The molecule has 0 fully saturated rings. The summed E-state index contributed by atoms with van der Waals surface area (Å²) < 4.78 is 5.66. The van der Waals surface area contributed by atoms with Crippen molar-refractivity contribution in [3.8, 4) is 0 Å². The predicted octanol–water partition coefficient (Wildman–Crippen LogP) is 5.30. The zero-order valence-electron chi connectivity index (χ0n) is 12.5. The van der Waals surface area contributed by atoms with E-state index in [1.165, 1.54) is 70.6 Å². The first-order valence-electron chi connectivity index (χ1n) is 7.89. The Morgan fingerprint density at radius 2 is 1.06 bits per heavy atom. The van der Waals surface area contributed by atoms with Gasteiger partial charge in [-0.15, -0.1) is 0 Å². The first-order chi connectivity index (χ1) is 8.27. The van der Waals surface area contributed by atoms with E-state index in [2.05, 4.69) is 20.0 Å². The third-order valence-electron chi connectivity index (χ3n) is 3.20. The Bertz CT molecular complexity index is 137. The van der Waals surface area contributed by atoms with E-state index < -0.39 is 9.04 Å². The molecule has 0 amide bonds. The molecule has 0 bridgehead atoms. The molecule has 1 nitrogen and oxygen atoms in total. The molecule has 0 aromatic heterocycles. The van der Waals surface area contributed by atoms with Crippen molar-refractivity contribution in [3.63, 3.8) is 0 Å². The van der Waals surface area contributed by atoms with E-state index in [1.54, 1.807) is 0 Å². The summed E-state index contributed by atoms with van der Waals surface area (Å²) in [7, 11) is -0.755. The first-order valence-corrected chi connectivity index (χ1v) is 10.7. The molecule has 0 aliphatic heterocycles. The molecule has 0 N–H and O–H groups in total. The fraction of sp³-hybridized carbons (Fsp3) is 1.00. The molecule has 0 aliphatic carbocycles. The SMILES string of the molecule is CCCCCCCCCCCCCO[SiH](C)C. The van der Waals surface area contributed by atoms with Crippen molar-refractivity contribution in [1.82, 2.24) is 0 Å². The molecule has 2 heteroatoms. The van der Waals surface area contributed by atoms with Crippen LogP contribution in [0.25, 0.3) is 0 Å². The van der Waals surface area contributed by atoms with Crippen LogP contribution in [-0.2, 0) is 4.43 Å². The second-order valence-corrected chi connectivity index (χ2v) is 7.89. The molecule has 0 spiro atoms. The number of hydrogen-bond donors (Lipinski definition) is 0. The summed E-state index contributed by atoms with van der Waals surface area (Å²) in [4.78, 5) is 0. The van der Waals surface area contributed by atoms with Crippen LogP contribution in [0.4, 0.5) is 0 Å². The second kappa shape index (κ2) is 14.2. The fourth-order valence-electron chi connectivity index (χ4n) is 2.09. The molecule has 0 rings (SSSR count). The average Bonchev–Trinajstić information content (AvgIpc) is 2.30. The molecule has 0 heterocycles. The Labute approximate surface area is 111 Å². The van der Waals surface area contributed by atoms with Crippen molar-refractivity contribution in [1.29, 1.82) is 0 Å². The summed E-state index contributed by atoms with van der Waals surface area (Å²) in [5, 5.41) is 0. The Kier molecular flexibility index (Phi) is 14.4. The fourth-order valence-corrected chi connectivity index (χ4v) is 2.72. The van der Waals surface area contributed by atoms with Gasteiger partial charge >= 0.3 is 0 Å². The van der Waals surface area contributed by atoms with Gasteiger partial charge in [-0.05, 0) is 19.5 Å². The van der Waals surface area contributed by atoms with Gasteiger partial charge in [0, 0.05) is 6.61 Å². The maximum Gasteiger partial charge on any atom is 0.170 e. The highest BCUT2D eigenvalue weighted by Crippen LogP contribution is 2.11. The molecule has 104 valence electrons. The van der Waals surface area contributed by atoms with E-state index in [0.717, 1.165) is 6.61 Å². The first kappa shape index (κ1) is 17.2. The van der Waals surface area contributed by atoms with Crippen LogP contribution in [-0.4, -0.2) is 15.6 Å². The second-order valence-electron chi connectivity index (χ2n) is 5.46. The monoisotopic (exact) mass is 258 g/mol. The van der Waals surface area contributed by atoms with Crippen molar-refractivity contribution in [3.05, 3.63) is 0 Å². The minimum atomic E-state index is -0.755. The predicted molar refractivity (Wildman–Crippen MR) is 81.3 cm³/mol. The molecule has 0 aromatic rings. The molecule has 0 unspecified atom stereocenters. The maximum absolute atomic E-state index is 5.66. The average molecular weight is 259 g/mol.